The molecule has 0 bridgehead atoms. The van der Waals surface area contributed by atoms with Gasteiger partial charge in [0.15, 0.2) is 0 Å². The van der Waals surface area contributed by atoms with Gasteiger partial charge in [-0.05, 0) is 48.0 Å². The second-order valence-corrected chi connectivity index (χ2v) is 6.64. The highest BCUT2D eigenvalue weighted by Gasteiger charge is 2.08. The second-order valence-electron chi connectivity index (χ2n) is 6.20. The quantitative estimate of drug-likeness (QED) is 0.558. The fourth-order valence-corrected chi connectivity index (χ4v) is 2.79. The topological polar surface area (TPSA) is 80.3 Å². The summed E-state index contributed by atoms with van der Waals surface area (Å²) in [5.41, 5.74) is 1.90. The SMILES string of the molecule is O=C(NCCNC(=O)c1cccc(OCc2cccc(Cl)c2)c1)c1cccnc1. The summed E-state index contributed by atoms with van der Waals surface area (Å²) in [6.45, 7) is 0.967. The van der Waals surface area contributed by atoms with Gasteiger partial charge in [-0.15, -0.1) is 0 Å². The van der Waals surface area contributed by atoms with Crippen molar-refractivity contribution in [2.75, 3.05) is 13.1 Å². The monoisotopic (exact) mass is 409 g/mol. The van der Waals surface area contributed by atoms with E-state index in [4.69, 9.17) is 16.3 Å². The lowest BCUT2D eigenvalue weighted by Gasteiger charge is -2.10. The maximum absolute atomic E-state index is 12.3. The molecule has 3 aromatic rings. The molecule has 0 saturated carbocycles. The number of hydrogen-bond donors (Lipinski definition) is 2. The van der Waals surface area contributed by atoms with Gasteiger partial charge >= 0.3 is 0 Å². The molecule has 0 aliphatic carbocycles. The number of nitrogens with zero attached hydrogens (tertiary/aromatic N) is 1. The van der Waals surface area contributed by atoms with Crippen LogP contribution in [0.25, 0.3) is 0 Å². The van der Waals surface area contributed by atoms with Crippen molar-refractivity contribution in [3.63, 3.8) is 0 Å². The Morgan fingerprint density at radius 2 is 1.62 bits per heavy atom. The summed E-state index contributed by atoms with van der Waals surface area (Å²) in [4.78, 5) is 28.1. The van der Waals surface area contributed by atoms with Gasteiger partial charge < -0.3 is 15.4 Å². The molecule has 0 fully saturated rings. The number of nitrogens with one attached hydrogen (secondary N) is 2. The molecular weight excluding hydrogens is 390 g/mol. The molecule has 29 heavy (non-hydrogen) atoms. The number of amides is 2. The fourth-order valence-electron chi connectivity index (χ4n) is 2.57. The summed E-state index contributed by atoms with van der Waals surface area (Å²) in [5, 5.41) is 6.15. The Bertz CT molecular complexity index is 980. The van der Waals surface area contributed by atoms with E-state index in [1.54, 1.807) is 48.7 Å². The summed E-state index contributed by atoms with van der Waals surface area (Å²) in [7, 11) is 0. The van der Waals surface area contributed by atoms with Gasteiger partial charge in [-0.2, -0.15) is 0 Å². The highest BCUT2D eigenvalue weighted by Crippen LogP contribution is 2.17. The number of rotatable bonds is 8. The lowest BCUT2D eigenvalue weighted by molar-refractivity contribution is 0.0927. The summed E-state index contributed by atoms with van der Waals surface area (Å²) in [5.74, 6) is 0.111. The van der Waals surface area contributed by atoms with Crippen molar-refractivity contribution in [2.24, 2.45) is 0 Å². The first-order chi connectivity index (χ1) is 14.1. The molecule has 0 aliphatic heterocycles. The van der Waals surface area contributed by atoms with Crippen LogP contribution < -0.4 is 15.4 Å². The predicted molar refractivity (Wildman–Crippen MR) is 111 cm³/mol. The van der Waals surface area contributed by atoms with Crippen LogP contribution in [0.2, 0.25) is 5.02 Å². The van der Waals surface area contributed by atoms with Crippen LogP contribution in [0.3, 0.4) is 0 Å². The number of halogens is 1. The highest BCUT2D eigenvalue weighted by molar-refractivity contribution is 6.30. The highest BCUT2D eigenvalue weighted by atomic mass is 35.5. The van der Waals surface area contributed by atoms with E-state index in [-0.39, 0.29) is 11.8 Å². The maximum Gasteiger partial charge on any atom is 0.252 e. The average Bonchev–Trinajstić information content (AvgIpc) is 2.76. The molecule has 2 aromatic carbocycles. The molecule has 0 spiro atoms. The van der Waals surface area contributed by atoms with Crippen molar-refractivity contribution in [3.05, 3.63) is 94.8 Å². The van der Waals surface area contributed by atoms with Crippen LogP contribution >= 0.6 is 11.6 Å². The first-order valence-corrected chi connectivity index (χ1v) is 9.43. The first kappa shape index (κ1) is 20.4. The van der Waals surface area contributed by atoms with Crippen molar-refractivity contribution in [2.45, 2.75) is 6.61 Å². The van der Waals surface area contributed by atoms with Gasteiger partial charge in [0.2, 0.25) is 0 Å². The lowest BCUT2D eigenvalue weighted by Crippen LogP contribution is -2.34. The molecule has 0 saturated heterocycles. The van der Waals surface area contributed by atoms with Crippen LogP contribution in [-0.2, 0) is 6.61 Å². The van der Waals surface area contributed by atoms with Gasteiger partial charge in [0.25, 0.3) is 11.8 Å². The zero-order valence-electron chi connectivity index (χ0n) is 15.6. The third kappa shape index (κ3) is 6.33. The molecule has 7 heteroatoms. The third-order valence-corrected chi connectivity index (χ3v) is 4.25. The van der Waals surface area contributed by atoms with Crippen LogP contribution in [0, 0.1) is 0 Å². The lowest BCUT2D eigenvalue weighted by atomic mass is 10.2. The number of aromatic nitrogens is 1. The summed E-state index contributed by atoms with van der Waals surface area (Å²) in [6.07, 6.45) is 3.09. The van der Waals surface area contributed by atoms with Gasteiger partial charge in [-0.1, -0.05) is 29.8 Å². The summed E-state index contributed by atoms with van der Waals surface area (Å²) in [6, 6.07) is 17.7. The number of hydrogen-bond acceptors (Lipinski definition) is 4. The van der Waals surface area contributed by atoms with Gasteiger partial charge in [0.1, 0.15) is 12.4 Å². The van der Waals surface area contributed by atoms with Crippen LogP contribution in [0.15, 0.2) is 73.1 Å². The molecule has 148 valence electrons. The maximum atomic E-state index is 12.3. The molecule has 0 radical (unpaired) electrons. The molecule has 0 aliphatic rings. The molecule has 1 aromatic heterocycles. The smallest absolute Gasteiger partial charge is 0.252 e. The van der Waals surface area contributed by atoms with E-state index in [0.29, 0.717) is 41.6 Å². The van der Waals surface area contributed by atoms with E-state index in [1.165, 1.54) is 6.20 Å². The van der Waals surface area contributed by atoms with E-state index in [0.717, 1.165) is 5.56 Å². The zero-order valence-corrected chi connectivity index (χ0v) is 16.4. The first-order valence-electron chi connectivity index (χ1n) is 9.05. The Balaban J connectivity index is 1.46. The minimum absolute atomic E-state index is 0.233. The van der Waals surface area contributed by atoms with Crippen molar-refractivity contribution in [3.8, 4) is 5.75 Å². The van der Waals surface area contributed by atoms with Crippen LogP contribution in [0.1, 0.15) is 26.3 Å². The molecule has 0 atom stereocenters. The van der Waals surface area contributed by atoms with E-state index in [9.17, 15) is 9.59 Å². The molecule has 2 N–H and O–H groups in total. The van der Waals surface area contributed by atoms with E-state index < -0.39 is 0 Å². The predicted octanol–water partition coefficient (Wildman–Crippen LogP) is 3.47. The average molecular weight is 410 g/mol. The number of carbonyl (C=O) groups is 2. The van der Waals surface area contributed by atoms with E-state index in [2.05, 4.69) is 15.6 Å². The molecule has 3 rings (SSSR count). The number of carbonyl (C=O) groups excluding carboxylic acids is 2. The van der Waals surface area contributed by atoms with E-state index >= 15 is 0 Å². The minimum Gasteiger partial charge on any atom is -0.489 e. The molecular formula is C22H20ClN3O3. The van der Waals surface area contributed by atoms with E-state index in [1.807, 2.05) is 18.2 Å². The normalized spacial score (nSPS) is 10.2. The van der Waals surface area contributed by atoms with Crippen molar-refractivity contribution in [1.82, 2.24) is 15.6 Å². The van der Waals surface area contributed by atoms with Crippen LogP contribution in [0.5, 0.6) is 5.75 Å². The molecule has 6 nitrogen and oxygen atoms in total. The van der Waals surface area contributed by atoms with Crippen molar-refractivity contribution < 1.29 is 14.3 Å². The van der Waals surface area contributed by atoms with Crippen LogP contribution in [0.4, 0.5) is 0 Å². The number of pyridine rings is 1. The Kier molecular flexibility index (Phi) is 7.19. The Labute approximate surface area is 173 Å². The Morgan fingerprint density at radius 1 is 0.897 bits per heavy atom. The standard InChI is InChI=1S/C22H20ClN3O3/c23-19-7-1-4-16(12-19)15-29-20-8-2-5-17(13-20)21(27)25-10-11-26-22(28)18-6-3-9-24-14-18/h1-9,12-14H,10-11,15H2,(H,25,27)(H,26,28). The van der Waals surface area contributed by atoms with Gasteiger partial charge in [-0.3, -0.25) is 14.6 Å². The largest absolute Gasteiger partial charge is 0.489 e. The van der Waals surface area contributed by atoms with Gasteiger partial charge in [-0.25, -0.2) is 0 Å². The van der Waals surface area contributed by atoms with Crippen LogP contribution in [-0.4, -0.2) is 29.9 Å². The summed E-state index contributed by atoms with van der Waals surface area (Å²) >= 11 is 5.97. The molecule has 2 amide bonds. The van der Waals surface area contributed by atoms with Gasteiger partial charge in [0, 0.05) is 36.1 Å². The Hall–Kier alpha value is -3.38. The molecule has 0 unspecified atom stereocenters. The zero-order chi connectivity index (χ0) is 20.5. The summed E-state index contributed by atoms with van der Waals surface area (Å²) < 4.78 is 5.74. The minimum atomic E-state index is -0.242. The third-order valence-electron chi connectivity index (χ3n) is 4.01. The van der Waals surface area contributed by atoms with Crippen molar-refractivity contribution in [1.29, 1.82) is 0 Å². The number of benzene rings is 2. The van der Waals surface area contributed by atoms with Gasteiger partial charge in [0.05, 0.1) is 5.56 Å². The number of ether oxygens (including phenoxy) is 1. The Morgan fingerprint density at radius 3 is 2.34 bits per heavy atom. The fraction of sp³-hybridized carbons (Fsp3) is 0.136. The second kappa shape index (κ2) is 10.2. The van der Waals surface area contributed by atoms with Crippen molar-refractivity contribution >= 4 is 23.4 Å². The molecule has 1 heterocycles.